The number of allylic oxidation sites excluding steroid dienone is 3. The Bertz CT molecular complexity index is 717. The second kappa shape index (κ2) is 7.46. The molecule has 28 heavy (non-hydrogen) atoms. The Morgan fingerprint density at radius 3 is 2.64 bits per heavy atom. The molecule has 4 rings (SSSR count). The lowest BCUT2D eigenvalue weighted by Gasteiger charge is -2.57. The average molecular weight is 385 g/mol. The number of carboxylic acids is 1. The summed E-state index contributed by atoms with van der Waals surface area (Å²) in [4.78, 5) is 22.7. The molecule has 3 fully saturated rings. The molecule has 0 aromatic carbocycles. The summed E-state index contributed by atoms with van der Waals surface area (Å²) in [7, 11) is 0. The van der Waals surface area contributed by atoms with Gasteiger partial charge >= 0.3 is 5.97 Å². The summed E-state index contributed by atoms with van der Waals surface area (Å²) >= 11 is 0. The van der Waals surface area contributed by atoms with Gasteiger partial charge < -0.3 is 5.11 Å². The van der Waals surface area contributed by atoms with Crippen LogP contribution in [0.2, 0.25) is 0 Å². The van der Waals surface area contributed by atoms with E-state index in [1.165, 1.54) is 37.7 Å². The second-order valence-electron chi connectivity index (χ2n) is 10.3. The quantitative estimate of drug-likeness (QED) is 0.461. The van der Waals surface area contributed by atoms with Gasteiger partial charge in [0.25, 0.3) is 0 Å². The molecule has 0 aromatic heterocycles. The fourth-order valence-corrected chi connectivity index (χ4v) is 7.44. The largest absolute Gasteiger partial charge is 0.481 e. The first-order chi connectivity index (χ1) is 13.3. The number of carbonyl (C=O) groups is 2. The maximum Gasteiger partial charge on any atom is 0.303 e. The van der Waals surface area contributed by atoms with E-state index in [1.807, 2.05) is 6.08 Å². The van der Waals surface area contributed by atoms with Crippen molar-refractivity contribution >= 4 is 11.8 Å². The molecule has 0 amide bonds. The molecule has 4 aliphatic rings. The number of hydrogen-bond acceptors (Lipinski definition) is 2. The maximum atomic E-state index is 12.0. The smallest absolute Gasteiger partial charge is 0.303 e. The monoisotopic (exact) mass is 384 g/mol. The Hall–Kier alpha value is -1.38. The molecule has 3 nitrogen and oxygen atoms in total. The fraction of sp³-hybridized carbons (Fsp3) is 0.760. The Labute approximate surface area is 169 Å². The first-order valence-electron chi connectivity index (χ1n) is 11.5. The zero-order valence-electron chi connectivity index (χ0n) is 17.6. The number of carboxylic acid groups (broad SMARTS) is 1. The highest BCUT2D eigenvalue weighted by atomic mass is 16.4. The van der Waals surface area contributed by atoms with Crippen LogP contribution in [0.4, 0.5) is 0 Å². The highest BCUT2D eigenvalue weighted by molar-refractivity contribution is 5.91. The van der Waals surface area contributed by atoms with Crippen molar-refractivity contribution < 1.29 is 14.7 Å². The third-order valence-electron chi connectivity index (χ3n) is 9.05. The summed E-state index contributed by atoms with van der Waals surface area (Å²) < 4.78 is 0. The molecule has 0 saturated heterocycles. The van der Waals surface area contributed by atoms with E-state index in [4.69, 9.17) is 5.11 Å². The van der Waals surface area contributed by atoms with Crippen LogP contribution in [0, 0.1) is 28.6 Å². The van der Waals surface area contributed by atoms with Crippen molar-refractivity contribution in [3.63, 3.8) is 0 Å². The van der Waals surface area contributed by atoms with Crippen molar-refractivity contribution in [2.24, 2.45) is 28.6 Å². The molecule has 154 valence electrons. The Morgan fingerprint density at radius 2 is 1.86 bits per heavy atom. The number of fused-ring (bicyclic) bond motifs is 5. The van der Waals surface area contributed by atoms with Crippen LogP contribution < -0.4 is 0 Å². The van der Waals surface area contributed by atoms with E-state index in [0.29, 0.717) is 17.6 Å². The lowest BCUT2D eigenvalue weighted by Crippen LogP contribution is -2.49. The van der Waals surface area contributed by atoms with Crippen molar-refractivity contribution in [3.8, 4) is 0 Å². The Morgan fingerprint density at radius 1 is 1.07 bits per heavy atom. The van der Waals surface area contributed by atoms with Crippen molar-refractivity contribution in [2.75, 3.05) is 0 Å². The lowest BCUT2D eigenvalue weighted by molar-refractivity contribution is -0.137. The number of ketones is 1. The summed E-state index contributed by atoms with van der Waals surface area (Å²) in [6, 6.07) is 0. The summed E-state index contributed by atoms with van der Waals surface area (Å²) in [6.07, 6.45) is 16.9. The van der Waals surface area contributed by atoms with Crippen molar-refractivity contribution in [1.82, 2.24) is 0 Å². The van der Waals surface area contributed by atoms with Crippen molar-refractivity contribution in [2.45, 2.75) is 90.9 Å². The van der Waals surface area contributed by atoms with Crippen molar-refractivity contribution in [3.05, 3.63) is 23.3 Å². The summed E-state index contributed by atoms with van der Waals surface area (Å²) in [5.74, 6) is 2.04. The van der Waals surface area contributed by atoms with E-state index in [1.54, 1.807) is 5.57 Å². The average Bonchev–Trinajstić information content (AvgIpc) is 2.98. The van der Waals surface area contributed by atoms with Gasteiger partial charge in [-0.25, -0.2) is 0 Å². The third-order valence-corrected chi connectivity index (χ3v) is 9.05. The van der Waals surface area contributed by atoms with Gasteiger partial charge in [0.05, 0.1) is 0 Å². The summed E-state index contributed by atoms with van der Waals surface area (Å²) in [5, 5.41) is 8.81. The molecule has 0 aromatic rings. The van der Waals surface area contributed by atoms with Gasteiger partial charge in [-0.1, -0.05) is 31.1 Å². The van der Waals surface area contributed by atoms with Crippen LogP contribution in [0.15, 0.2) is 23.3 Å². The summed E-state index contributed by atoms with van der Waals surface area (Å²) in [5.41, 5.74) is 3.75. The van der Waals surface area contributed by atoms with Crippen LogP contribution in [0.1, 0.15) is 90.9 Å². The minimum atomic E-state index is -0.678. The normalized spacial score (nSPS) is 41.2. The van der Waals surface area contributed by atoms with Gasteiger partial charge in [0.1, 0.15) is 0 Å². The molecule has 1 N–H and O–H groups in total. The number of unbranched alkanes of at least 4 members (excludes halogenated alkanes) is 2. The van der Waals surface area contributed by atoms with Gasteiger partial charge in [-0.15, -0.1) is 0 Å². The number of carbonyl (C=O) groups excluding carboxylic acids is 1. The predicted molar refractivity (Wildman–Crippen MR) is 111 cm³/mol. The van der Waals surface area contributed by atoms with E-state index in [-0.39, 0.29) is 5.41 Å². The van der Waals surface area contributed by atoms with E-state index >= 15 is 0 Å². The first-order valence-corrected chi connectivity index (χ1v) is 11.5. The van der Waals surface area contributed by atoms with Crippen LogP contribution in [0.3, 0.4) is 0 Å². The molecular formula is C25H36O3. The van der Waals surface area contributed by atoms with E-state index in [2.05, 4.69) is 19.9 Å². The molecule has 5 atom stereocenters. The molecule has 0 heterocycles. The Balaban J connectivity index is 1.47. The minimum Gasteiger partial charge on any atom is -0.481 e. The summed E-state index contributed by atoms with van der Waals surface area (Å²) in [6.45, 7) is 4.97. The SMILES string of the molecule is CC12CCC(=O)C=C1CCC1C2CCC2(C)/C(=C/CCCCC(=O)O)CCC12. The Kier molecular flexibility index (Phi) is 5.31. The van der Waals surface area contributed by atoms with Crippen LogP contribution in [0.25, 0.3) is 0 Å². The maximum absolute atomic E-state index is 12.0. The number of aliphatic carboxylic acids is 1. The molecular weight excluding hydrogens is 348 g/mol. The van der Waals surface area contributed by atoms with Crippen LogP contribution in [-0.4, -0.2) is 16.9 Å². The lowest BCUT2D eigenvalue weighted by atomic mass is 9.47. The van der Waals surface area contributed by atoms with Gasteiger partial charge in [0, 0.05) is 12.8 Å². The zero-order valence-corrected chi connectivity index (χ0v) is 17.6. The number of rotatable bonds is 5. The second-order valence-corrected chi connectivity index (χ2v) is 10.3. The van der Waals surface area contributed by atoms with Gasteiger partial charge in [-0.05, 0) is 98.9 Å². The third kappa shape index (κ3) is 3.29. The highest BCUT2D eigenvalue weighted by Gasteiger charge is 2.57. The topological polar surface area (TPSA) is 54.4 Å². The molecule has 0 radical (unpaired) electrons. The molecule has 0 spiro atoms. The van der Waals surface area contributed by atoms with Crippen LogP contribution in [0.5, 0.6) is 0 Å². The molecule has 0 bridgehead atoms. The molecule has 5 unspecified atom stereocenters. The minimum absolute atomic E-state index is 0.265. The van der Waals surface area contributed by atoms with Gasteiger partial charge in [0.15, 0.2) is 5.78 Å². The van der Waals surface area contributed by atoms with Gasteiger partial charge in [-0.3, -0.25) is 9.59 Å². The molecule has 3 heteroatoms. The van der Waals surface area contributed by atoms with E-state index in [9.17, 15) is 9.59 Å². The molecule has 0 aliphatic heterocycles. The van der Waals surface area contributed by atoms with E-state index in [0.717, 1.165) is 56.3 Å². The molecule has 3 saturated carbocycles. The van der Waals surface area contributed by atoms with E-state index < -0.39 is 5.97 Å². The van der Waals surface area contributed by atoms with Crippen LogP contribution in [-0.2, 0) is 9.59 Å². The highest BCUT2D eigenvalue weighted by Crippen LogP contribution is 2.66. The first kappa shape index (κ1) is 19.9. The number of hydrogen-bond donors (Lipinski definition) is 1. The van der Waals surface area contributed by atoms with Crippen LogP contribution >= 0.6 is 0 Å². The predicted octanol–water partition coefficient (Wildman–Crippen LogP) is 6.09. The van der Waals surface area contributed by atoms with Crippen molar-refractivity contribution in [1.29, 1.82) is 0 Å². The zero-order chi connectivity index (χ0) is 19.9. The van der Waals surface area contributed by atoms with Gasteiger partial charge in [0.2, 0.25) is 0 Å². The fourth-order valence-electron chi connectivity index (χ4n) is 7.44. The molecule has 4 aliphatic carbocycles. The van der Waals surface area contributed by atoms with Gasteiger partial charge in [-0.2, -0.15) is 0 Å². The standard InChI is InChI=1S/C25H36O3/c1-24-15-13-22-20(10-8-18-16-19(26)12-14-25(18,22)2)21(24)11-9-17(24)6-4-3-5-7-23(27)28/h6,16,20-22H,3-5,7-15H2,1-2H3,(H,27,28)/b17-6+.